The summed E-state index contributed by atoms with van der Waals surface area (Å²) in [6.07, 6.45) is 0. The maximum absolute atomic E-state index is 10.3. The number of hydrogen-bond donors (Lipinski definition) is 0. The van der Waals surface area contributed by atoms with Gasteiger partial charge in [0.2, 0.25) is 0 Å². The van der Waals surface area contributed by atoms with Crippen LogP contribution in [0.4, 0.5) is 0 Å². The second-order valence-electron chi connectivity index (χ2n) is 1.23. The molecule has 0 N–H and O–H groups in total. The Morgan fingerprint density at radius 3 is 2.50 bits per heavy atom. The lowest BCUT2D eigenvalue weighted by Crippen LogP contribution is -2.12. The second kappa shape index (κ2) is 3.44. The summed E-state index contributed by atoms with van der Waals surface area (Å²) in [5.41, 5.74) is 0. The highest BCUT2D eigenvalue weighted by Crippen LogP contribution is 1.93. The number of hydrogen-bond acceptors (Lipinski definition) is 5. The predicted octanol–water partition coefficient (Wildman–Crippen LogP) is -0.119. The average molecular weight is 147 g/mol. The SMILES string of the molecule is C=C(OC)C(=O)O[N+](=O)[O-]. The molecule has 0 aliphatic carbocycles. The molecule has 0 bridgehead atoms. The van der Waals surface area contributed by atoms with Gasteiger partial charge in [0, 0.05) is 0 Å². The number of methoxy groups -OCH3 is 1. The number of ether oxygens (including phenoxy) is 1. The zero-order chi connectivity index (χ0) is 8.15. The molecular formula is C4H5NO5. The van der Waals surface area contributed by atoms with E-state index in [1.165, 1.54) is 0 Å². The van der Waals surface area contributed by atoms with E-state index in [4.69, 9.17) is 0 Å². The molecular weight excluding hydrogens is 142 g/mol. The zero-order valence-corrected chi connectivity index (χ0v) is 5.20. The molecule has 0 atom stereocenters. The smallest absolute Gasteiger partial charge is 0.368 e. The largest absolute Gasteiger partial charge is 0.492 e. The van der Waals surface area contributed by atoms with E-state index in [0.717, 1.165) is 7.11 Å². The summed E-state index contributed by atoms with van der Waals surface area (Å²) in [6, 6.07) is 0. The molecule has 0 aliphatic heterocycles. The normalized spacial score (nSPS) is 8.10. The minimum atomic E-state index is -1.23. The van der Waals surface area contributed by atoms with E-state index in [9.17, 15) is 14.9 Å². The van der Waals surface area contributed by atoms with Gasteiger partial charge in [-0.05, 0) is 0 Å². The van der Waals surface area contributed by atoms with Gasteiger partial charge in [-0.2, -0.15) is 0 Å². The molecule has 0 radical (unpaired) electrons. The van der Waals surface area contributed by atoms with Gasteiger partial charge in [-0.25, -0.2) is 4.84 Å². The van der Waals surface area contributed by atoms with Crippen LogP contribution in [0.2, 0.25) is 0 Å². The lowest BCUT2D eigenvalue weighted by Gasteiger charge is -1.97. The van der Waals surface area contributed by atoms with Crippen LogP contribution in [-0.4, -0.2) is 18.2 Å². The first-order valence-corrected chi connectivity index (χ1v) is 2.17. The lowest BCUT2D eigenvalue weighted by molar-refractivity contribution is -0.729. The van der Waals surface area contributed by atoms with Crippen molar-refractivity contribution >= 4 is 5.97 Å². The summed E-state index contributed by atoms with van der Waals surface area (Å²) in [6.45, 7) is 3.02. The van der Waals surface area contributed by atoms with Crippen molar-refractivity contribution < 1.29 is 19.5 Å². The van der Waals surface area contributed by atoms with Gasteiger partial charge in [0.15, 0.2) is 5.76 Å². The molecule has 56 valence electrons. The van der Waals surface area contributed by atoms with E-state index in [1.807, 2.05) is 0 Å². The summed E-state index contributed by atoms with van der Waals surface area (Å²) in [5, 5.41) is 8.27. The third-order valence-electron chi connectivity index (χ3n) is 0.632. The molecule has 0 spiro atoms. The minimum Gasteiger partial charge on any atom is -0.492 e. The molecule has 0 saturated carbocycles. The Bertz CT molecular complexity index is 174. The van der Waals surface area contributed by atoms with E-state index in [1.54, 1.807) is 0 Å². The Morgan fingerprint density at radius 1 is 1.70 bits per heavy atom. The molecule has 0 aliphatic rings. The fraction of sp³-hybridized carbons (Fsp3) is 0.250. The van der Waals surface area contributed by atoms with E-state index < -0.39 is 16.8 Å². The van der Waals surface area contributed by atoms with Crippen LogP contribution < -0.4 is 0 Å². The topological polar surface area (TPSA) is 78.7 Å². The third-order valence-corrected chi connectivity index (χ3v) is 0.632. The van der Waals surface area contributed by atoms with Gasteiger partial charge >= 0.3 is 11.1 Å². The Kier molecular flexibility index (Phi) is 2.89. The van der Waals surface area contributed by atoms with Gasteiger partial charge in [0.25, 0.3) is 0 Å². The Hall–Kier alpha value is -1.59. The standard InChI is InChI=1S/C4H5NO5/c1-3(9-2)4(6)10-5(7)8/h1H2,2H3. The van der Waals surface area contributed by atoms with Crippen LogP contribution >= 0.6 is 0 Å². The van der Waals surface area contributed by atoms with Crippen LogP contribution in [0.5, 0.6) is 0 Å². The highest BCUT2D eigenvalue weighted by molar-refractivity contribution is 5.84. The first kappa shape index (κ1) is 8.41. The number of rotatable bonds is 3. The van der Waals surface area contributed by atoms with Crippen LogP contribution in [-0.2, 0) is 14.4 Å². The van der Waals surface area contributed by atoms with Gasteiger partial charge in [0.05, 0.1) is 7.11 Å². The monoisotopic (exact) mass is 147 g/mol. The highest BCUT2D eigenvalue weighted by Gasteiger charge is 2.11. The van der Waals surface area contributed by atoms with Crippen molar-refractivity contribution in [3.63, 3.8) is 0 Å². The second-order valence-corrected chi connectivity index (χ2v) is 1.23. The van der Waals surface area contributed by atoms with Crippen LogP contribution in [0.1, 0.15) is 0 Å². The van der Waals surface area contributed by atoms with Crippen molar-refractivity contribution in [2.45, 2.75) is 0 Å². The molecule has 10 heavy (non-hydrogen) atoms. The Labute approximate surface area is 56.1 Å². The van der Waals surface area contributed by atoms with Crippen LogP contribution in [0.25, 0.3) is 0 Å². The van der Waals surface area contributed by atoms with Crippen molar-refractivity contribution in [3.05, 3.63) is 22.5 Å². The molecule has 6 heteroatoms. The number of nitrogens with zero attached hydrogens (tertiary/aromatic N) is 1. The maximum atomic E-state index is 10.3. The van der Waals surface area contributed by atoms with E-state index in [-0.39, 0.29) is 0 Å². The fourth-order valence-corrected chi connectivity index (χ4v) is 0.202. The summed E-state index contributed by atoms with van der Waals surface area (Å²) in [5.74, 6) is -1.61. The van der Waals surface area contributed by atoms with Gasteiger partial charge in [-0.1, -0.05) is 6.58 Å². The minimum absolute atomic E-state index is 0.406. The summed E-state index contributed by atoms with van der Waals surface area (Å²) < 4.78 is 4.24. The molecule has 0 saturated heterocycles. The highest BCUT2D eigenvalue weighted by atomic mass is 17.0. The van der Waals surface area contributed by atoms with Crippen molar-refractivity contribution in [3.8, 4) is 0 Å². The summed E-state index contributed by atoms with van der Waals surface area (Å²) in [7, 11) is 1.16. The molecule has 0 unspecified atom stereocenters. The maximum Gasteiger partial charge on any atom is 0.368 e. The molecule has 0 aromatic rings. The zero-order valence-electron chi connectivity index (χ0n) is 5.20. The van der Waals surface area contributed by atoms with Gasteiger partial charge in [0.1, 0.15) is 0 Å². The average Bonchev–Trinajstić information content (AvgIpc) is 1.85. The molecule has 6 nitrogen and oxygen atoms in total. The lowest BCUT2D eigenvalue weighted by atomic mass is 10.6. The van der Waals surface area contributed by atoms with Crippen LogP contribution in [0.3, 0.4) is 0 Å². The van der Waals surface area contributed by atoms with E-state index >= 15 is 0 Å². The van der Waals surface area contributed by atoms with Crippen LogP contribution in [0, 0.1) is 10.1 Å². The summed E-state index contributed by atoms with van der Waals surface area (Å²) >= 11 is 0. The predicted molar refractivity (Wildman–Crippen MR) is 29.2 cm³/mol. The molecule has 0 fully saturated rings. The van der Waals surface area contributed by atoms with Crippen LogP contribution in [0.15, 0.2) is 12.3 Å². The van der Waals surface area contributed by atoms with E-state index in [2.05, 4.69) is 16.2 Å². The quantitative estimate of drug-likeness (QED) is 0.240. The molecule has 0 aromatic heterocycles. The molecule has 0 heterocycles. The van der Waals surface area contributed by atoms with E-state index in [0.29, 0.717) is 0 Å². The number of carbonyl (C=O) groups is 1. The Balaban J connectivity index is 3.86. The first-order chi connectivity index (χ1) is 4.57. The van der Waals surface area contributed by atoms with Gasteiger partial charge in [-0.3, -0.25) is 4.79 Å². The fourth-order valence-electron chi connectivity index (χ4n) is 0.202. The van der Waals surface area contributed by atoms with Gasteiger partial charge in [-0.15, -0.1) is 10.1 Å². The van der Waals surface area contributed by atoms with Crippen molar-refractivity contribution in [1.29, 1.82) is 0 Å². The molecule has 0 aromatic carbocycles. The number of carbonyl (C=O) groups excluding carboxylic acids is 1. The first-order valence-electron chi connectivity index (χ1n) is 2.17. The van der Waals surface area contributed by atoms with Crippen molar-refractivity contribution in [2.24, 2.45) is 0 Å². The van der Waals surface area contributed by atoms with Crippen molar-refractivity contribution in [1.82, 2.24) is 0 Å². The van der Waals surface area contributed by atoms with Gasteiger partial charge < -0.3 is 4.74 Å². The third kappa shape index (κ3) is 2.65. The van der Waals surface area contributed by atoms with Crippen molar-refractivity contribution in [2.75, 3.05) is 7.11 Å². The molecule has 0 rings (SSSR count). The summed E-state index contributed by atoms with van der Waals surface area (Å²) in [4.78, 5) is 23.3. The Morgan fingerprint density at radius 2 is 2.20 bits per heavy atom. The molecule has 0 amide bonds.